The Bertz CT molecular complexity index is 1010. The molecule has 0 N–H and O–H groups in total. The molecule has 0 saturated carbocycles. The fraction of sp³-hybridized carbons (Fsp3) is 0.350. The number of hydrogen-bond acceptors (Lipinski definition) is 4. The first-order valence-corrected chi connectivity index (χ1v) is 10.8. The average molecular weight is 460 g/mol. The summed E-state index contributed by atoms with van der Waals surface area (Å²) in [7, 11) is -3.96. The molecule has 11 heteroatoms. The molecule has 1 unspecified atom stereocenters. The molecule has 31 heavy (non-hydrogen) atoms. The minimum Gasteiger partial charge on any atom is -0.354 e. The summed E-state index contributed by atoms with van der Waals surface area (Å²) in [5.41, 5.74) is 0.270. The van der Waals surface area contributed by atoms with Crippen LogP contribution < -0.4 is 0 Å². The zero-order chi connectivity index (χ0) is 22.6. The fourth-order valence-corrected chi connectivity index (χ4v) is 4.66. The number of amides is 1. The molecule has 1 fully saturated rings. The van der Waals surface area contributed by atoms with E-state index in [1.807, 2.05) is 0 Å². The van der Waals surface area contributed by atoms with Gasteiger partial charge >= 0.3 is 6.18 Å². The number of halogens is 4. The molecule has 2 aromatic rings. The zero-order valence-corrected chi connectivity index (χ0v) is 17.1. The summed E-state index contributed by atoms with van der Waals surface area (Å²) in [6.45, 7) is -1.82. The van der Waals surface area contributed by atoms with Crippen molar-refractivity contribution in [3.05, 3.63) is 66.0 Å². The molecule has 0 bridgehead atoms. The second-order valence-corrected chi connectivity index (χ2v) is 8.84. The minimum atomic E-state index is -4.61. The molecule has 0 spiro atoms. The molecule has 1 saturated heterocycles. The minimum absolute atomic E-state index is 0.0356. The van der Waals surface area contributed by atoms with E-state index in [4.69, 9.17) is 4.74 Å². The zero-order valence-electron chi connectivity index (χ0n) is 16.3. The molecule has 0 aromatic heterocycles. The molecule has 1 atom stereocenters. The second kappa shape index (κ2) is 9.33. The highest BCUT2D eigenvalue weighted by atomic mass is 32.2. The highest BCUT2D eigenvalue weighted by Gasteiger charge is 2.36. The summed E-state index contributed by atoms with van der Waals surface area (Å²) in [5.74, 6) is -1.37. The molecule has 3 rings (SSSR count). The lowest BCUT2D eigenvalue weighted by molar-refractivity contribution is -0.191. The predicted molar refractivity (Wildman–Crippen MR) is 103 cm³/mol. The molecular formula is C20H20F4N2O4S. The number of sulfonamides is 1. The summed E-state index contributed by atoms with van der Waals surface area (Å²) >= 11 is 0. The molecule has 1 aliphatic heterocycles. The van der Waals surface area contributed by atoms with Gasteiger partial charge in [-0.1, -0.05) is 36.4 Å². The number of carbonyl (C=O) groups is 1. The Balaban J connectivity index is 1.71. The van der Waals surface area contributed by atoms with Crippen molar-refractivity contribution in [2.45, 2.75) is 17.2 Å². The van der Waals surface area contributed by atoms with Crippen molar-refractivity contribution in [1.29, 1.82) is 0 Å². The Hall–Kier alpha value is -2.50. The number of rotatable bonds is 6. The van der Waals surface area contributed by atoms with E-state index < -0.39 is 40.6 Å². The standard InChI is InChI=1S/C20H20F4N2O4S/c21-16-7-4-8-17(13-16)31(28,29)26-11-9-25(10-12-26)19(27)18(30-14-20(22,23)24)15-5-2-1-3-6-15/h1-8,13,18H,9-12,14H2. The lowest BCUT2D eigenvalue weighted by atomic mass is 10.1. The first kappa shape index (κ1) is 23.2. The third kappa shape index (κ3) is 5.81. The lowest BCUT2D eigenvalue weighted by Crippen LogP contribution is -2.51. The first-order valence-electron chi connectivity index (χ1n) is 9.36. The Morgan fingerprint density at radius 2 is 1.65 bits per heavy atom. The summed E-state index contributed by atoms with van der Waals surface area (Å²) in [6.07, 6.45) is -6.07. The molecule has 1 amide bonds. The summed E-state index contributed by atoms with van der Waals surface area (Å²) in [6, 6.07) is 12.4. The molecule has 0 radical (unpaired) electrons. The van der Waals surface area contributed by atoms with Crippen LogP contribution in [0.5, 0.6) is 0 Å². The van der Waals surface area contributed by atoms with Crippen molar-refractivity contribution in [3.8, 4) is 0 Å². The van der Waals surface area contributed by atoms with Gasteiger partial charge in [0.15, 0.2) is 6.10 Å². The lowest BCUT2D eigenvalue weighted by Gasteiger charge is -2.35. The molecule has 168 valence electrons. The number of alkyl halides is 3. The Morgan fingerprint density at radius 1 is 1.00 bits per heavy atom. The van der Waals surface area contributed by atoms with E-state index in [1.54, 1.807) is 18.2 Å². The van der Waals surface area contributed by atoms with Crippen molar-refractivity contribution in [2.24, 2.45) is 0 Å². The molecule has 2 aromatic carbocycles. The number of hydrogen-bond donors (Lipinski definition) is 0. The van der Waals surface area contributed by atoms with E-state index in [0.717, 1.165) is 16.4 Å². The third-order valence-electron chi connectivity index (χ3n) is 4.72. The van der Waals surface area contributed by atoms with E-state index >= 15 is 0 Å². The van der Waals surface area contributed by atoms with Gasteiger partial charge in [-0.2, -0.15) is 17.5 Å². The van der Waals surface area contributed by atoms with E-state index in [-0.39, 0.29) is 36.6 Å². The van der Waals surface area contributed by atoms with Crippen LogP contribution in [0, 0.1) is 5.82 Å². The SMILES string of the molecule is O=C(C(OCC(F)(F)F)c1ccccc1)N1CCN(S(=O)(=O)c2cccc(F)c2)CC1. The van der Waals surface area contributed by atoms with Gasteiger partial charge in [0.25, 0.3) is 5.91 Å². The summed E-state index contributed by atoms with van der Waals surface area (Å²) < 4.78 is 82.8. The van der Waals surface area contributed by atoms with Crippen molar-refractivity contribution in [3.63, 3.8) is 0 Å². The number of benzene rings is 2. The molecule has 6 nitrogen and oxygen atoms in total. The maximum Gasteiger partial charge on any atom is 0.411 e. The molecule has 0 aliphatic carbocycles. The van der Waals surface area contributed by atoms with Gasteiger partial charge < -0.3 is 9.64 Å². The van der Waals surface area contributed by atoms with E-state index in [2.05, 4.69) is 0 Å². The van der Waals surface area contributed by atoms with Gasteiger partial charge in [-0.15, -0.1) is 0 Å². The second-order valence-electron chi connectivity index (χ2n) is 6.90. The number of carbonyl (C=O) groups excluding carboxylic acids is 1. The van der Waals surface area contributed by atoms with Crippen LogP contribution in [0.1, 0.15) is 11.7 Å². The highest BCUT2D eigenvalue weighted by Crippen LogP contribution is 2.26. The molecule has 1 aliphatic rings. The van der Waals surface area contributed by atoms with Crippen LogP contribution in [0.15, 0.2) is 59.5 Å². The maximum atomic E-state index is 13.4. The van der Waals surface area contributed by atoms with Crippen molar-refractivity contribution in [2.75, 3.05) is 32.8 Å². The van der Waals surface area contributed by atoms with Gasteiger partial charge in [-0.05, 0) is 23.8 Å². The van der Waals surface area contributed by atoms with Crippen LogP contribution in [0.25, 0.3) is 0 Å². The van der Waals surface area contributed by atoms with Crippen LogP contribution in [0.2, 0.25) is 0 Å². The predicted octanol–water partition coefficient (Wildman–Crippen LogP) is 2.98. The number of ether oxygens (including phenoxy) is 1. The Labute approximate surface area is 177 Å². The monoisotopic (exact) mass is 460 g/mol. The van der Waals surface area contributed by atoms with Crippen LogP contribution >= 0.6 is 0 Å². The van der Waals surface area contributed by atoms with Crippen molar-refractivity contribution >= 4 is 15.9 Å². The average Bonchev–Trinajstić information content (AvgIpc) is 2.74. The molecular weight excluding hydrogens is 440 g/mol. The third-order valence-corrected chi connectivity index (χ3v) is 6.62. The fourth-order valence-electron chi connectivity index (χ4n) is 3.21. The maximum absolute atomic E-state index is 13.4. The van der Waals surface area contributed by atoms with Gasteiger partial charge in [0, 0.05) is 26.2 Å². The summed E-state index contributed by atoms with van der Waals surface area (Å²) in [4.78, 5) is 14.0. The van der Waals surface area contributed by atoms with Gasteiger partial charge in [-0.25, -0.2) is 12.8 Å². The normalized spacial score (nSPS) is 16.8. The van der Waals surface area contributed by atoms with Gasteiger partial charge in [0.1, 0.15) is 12.4 Å². The Kier molecular flexibility index (Phi) is 6.97. The molecule has 1 heterocycles. The van der Waals surface area contributed by atoms with Crippen molar-refractivity contribution in [1.82, 2.24) is 9.21 Å². The largest absolute Gasteiger partial charge is 0.411 e. The van der Waals surface area contributed by atoms with E-state index in [9.17, 15) is 30.8 Å². The van der Waals surface area contributed by atoms with Gasteiger partial charge in [-0.3, -0.25) is 4.79 Å². The van der Waals surface area contributed by atoms with Crippen molar-refractivity contribution < 1.29 is 35.5 Å². The quantitative estimate of drug-likeness (QED) is 0.622. The van der Waals surface area contributed by atoms with E-state index in [0.29, 0.717) is 0 Å². The van der Waals surface area contributed by atoms with Crippen LogP contribution in [-0.2, 0) is 19.6 Å². The van der Waals surface area contributed by atoms with Crippen LogP contribution in [0.4, 0.5) is 17.6 Å². The first-order chi connectivity index (χ1) is 14.6. The topological polar surface area (TPSA) is 66.9 Å². The number of piperazine rings is 1. The van der Waals surface area contributed by atoms with Gasteiger partial charge in [0.05, 0.1) is 4.90 Å². The van der Waals surface area contributed by atoms with Crippen LogP contribution in [-0.4, -0.2) is 62.5 Å². The van der Waals surface area contributed by atoms with E-state index in [1.165, 1.54) is 29.2 Å². The van der Waals surface area contributed by atoms with Crippen LogP contribution in [0.3, 0.4) is 0 Å². The Morgan fingerprint density at radius 3 is 2.23 bits per heavy atom. The highest BCUT2D eigenvalue weighted by molar-refractivity contribution is 7.89. The number of nitrogens with zero attached hydrogens (tertiary/aromatic N) is 2. The smallest absolute Gasteiger partial charge is 0.354 e. The summed E-state index contributed by atoms with van der Waals surface area (Å²) in [5, 5.41) is 0. The van der Waals surface area contributed by atoms with Gasteiger partial charge in [0.2, 0.25) is 10.0 Å².